The molecule has 4 aliphatic rings. The molecule has 0 aromatic heterocycles. The number of ether oxygens (including phenoxy) is 2. The molecule has 3 unspecified atom stereocenters. The van der Waals surface area contributed by atoms with E-state index in [2.05, 4.69) is 13.8 Å². The summed E-state index contributed by atoms with van der Waals surface area (Å²) in [6.45, 7) is 8.47. The largest absolute Gasteiger partial charge is 0.540 e. The van der Waals surface area contributed by atoms with Crippen LogP contribution in [0, 0.1) is 17.3 Å². The van der Waals surface area contributed by atoms with Crippen molar-refractivity contribution in [1.82, 2.24) is 0 Å². The van der Waals surface area contributed by atoms with Crippen LogP contribution in [-0.2, 0) is 24.0 Å². The zero-order valence-corrected chi connectivity index (χ0v) is 16.2. The quantitative estimate of drug-likeness (QED) is 0.322. The van der Waals surface area contributed by atoms with Crippen LogP contribution in [0.1, 0.15) is 47.0 Å². The average molecular weight is 366 g/mol. The van der Waals surface area contributed by atoms with E-state index in [9.17, 15) is 9.59 Å². The molecule has 4 rings (SSSR count). The fourth-order valence-corrected chi connectivity index (χ4v) is 4.77. The van der Waals surface area contributed by atoms with Gasteiger partial charge in [0.05, 0.1) is 18.8 Å². The second-order valence-corrected chi connectivity index (χ2v) is 8.25. The molecule has 2 bridgehead atoms. The molecule has 7 nitrogen and oxygen atoms in total. The Hall–Kier alpha value is -1.89. The molecule has 3 atom stereocenters. The summed E-state index contributed by atoms with van der Waals surface area (Å²) in [4.78, 5) is 34.2. The van der Waals surface area contributed by atoms with Crippen molar-refractivity contribution in [2.75, 3.05) is 20.3 Å². The second-order valence-electron chi connectivity index (χ2n) is 8.25. The van der Waals surface area contributed by atoms with Gasteiger partial charge >= 0.3 is 18.0 Å². The third-order valence-corrected chi connectivity index (χ3v) is 6.41. The maximum Gasteiger partial charge on any atom is 0.540 e. The van der Waals surface area contributed by atoms with Crippen molar-refractivity contribution < 1.29 is 33.4 Å². The number of hydrogen-bond acceptors (Lipinski definition) is 6. The minimum Gasteiger partial charge on any atom is -0.447 e. The summed E-state index contributed by atoms with van der Waals surface area (Å²) in [6, 6.07) is 0. The zero-order valence-electron chi connectivity index (χ0n) is 16.2. The topological polar surface area (TPSA) is 74.1 Å². The van der Waals surface area contributed by atoms with Crippen LogP contribution in [0.2, 0.25) is 0 Å². The van der Waals surface area contributed by atoms with E-state index in [4.69, 9.17) is 19.2 Å². The van der Waals surface area contributed by atoms with Crippen molar-refractivity contribution in [3.05, 3.63) is 11.6 Å². The van der Waals surface area contributed by atoms with E-state index >= 15 is 0 Å². The number of nitrogens with zero attached hydrogens (tertiary/aromatic N) is 1. The van der Waals surface area contributed by atoms with E-state index in [1.807, 2.05) is 6.92 Å². The molecule has 7 heteroatoms. The van der Waals surface area contributed by atoms with E-state index < -0.39 is 11.8 Å². The van der Waals surface area contributed by atoms with Gasteiger partial charge in [-0.1, -0.05) is 13.8 Å². The molecule has 144 valence electrons. The molecule has 1 aliphatic heterocycles. The van der Waals surface area contributed by atoms with Crippen molar-refractivity contribution in [3.63, 3.8) is 0 Å². The van der Waals surface area contributed by atoms with Crippen LogP contribution >= 0.6 is 0 Å². The van der Waals surface area contributed by atoms with Gasteiger partial charge in [-0.05, 0) is 50.4 Å². The van der Waals surface area contributed by atoms with Gasteiger partial charge in [-0.2, -0.15) is 4.89 Å². The highest BCUT2D eigenvalue weighted by molar-refractivity contribution is 6.03. The van der Waals surface area contributed by atoms with Gasteiger partial charge in [0.15, 0.2) is 13.2 Å². The minimum atomic E-state index is -0.888. The molecule has 0 aromatic carbocycles. The Labute approximate surface area is 153 Å². The predicted molar refractivity (Wildman–Crippen MR) is 92.4 cm³/mol. The monoisotopic (exact) mass is 366 g/mol. The standard InChI is InChI=1S/C19H28NO6/c1-12-10-15(21)20(16(12)23-5)8-9-24-17(22)25-26-19(4)7-6-13-11-14(19)18(13,2)3/h10,13-14H,6-9,11H2,1-5H3/q+1. The maximum absolute atomic E-state index is 11.9. The molecule has 0 saturated heterocycles. The summed E-state index contributed by atoms with van der Waals surface area (Å²) in [5.41, 5.74) is 0.489. The van der Waals surface area contributed by atoms with Crippen LogP contribution in [0.4, 0.5) is 4.79 Å². The number of fused-ring (bicyclic) bond motifs is 2. The van der Waals surface area contributed by atoms with Gasteiger partial charge in [0, 0.05) is 0 Å². The molecule has 0 aromatic rings. The highest BCUT2D eigenvalue weighted by Gasteiger charge is 2.61. The van der Waals surface area contributed by atoms with Crippen LogP contribution in [0.25, 0.3) is 0 Å². The van der Waals surface area contributed by atoms with Crippen molar-refractivity contribution in [1.29, 1.82) is 0 Å². The second kappa shape index (κ2) is 6.68. The molecule has 0 radical (unpaired) electrons. The lowest BCUT2D eigenvalue weighted by molar-refractivity contribution is -0.453. The summed E-state index contributed by atoms with van der Waals surface area (Å²) < 4.78 is 11.7. The van der Waals surface area contributed by atoms with E-state index in [-0.39, 0.29) is 24.5 Å². The smallest absolute Gasteiger partial charge is 0.447 e. The predicted octanol–water partition coefficient (Wildman–Crippen LogP) is 2.83. The Kier molecular flexibility index (Phi) is 4.86. The summed E-state index contributed by atoms with van der Waals surface area (Å²) in [7, 11) is 1.50. The third kappa shape index (κ3) is 3.13. The summed E-state index contributed by atoms with van der Waals surface area (Å²) in [5.74, 6) is 1.39. The van der Waals surface area contributed by atoms with Gasteiger partial charge < -0.3 is 9.47 Å². The lowest BCUT2D eigenvalue weighted by atomic mass is 9.44. The fraction of sp³-hybridized carbons (Fsp3) is 0.737. The Bertz CT molecular complexity index is 678. The normalized spacial score (nSPS) is 32.0. The Morgan fingerprint density at radius 1 is 1.35 bits per heavy atom. The average Bonchev–Trinajstić information content (AvgIpc) is 2.85. The van der Waals surface area contributed by atoms with Crippen molar-refractivity contribution in [3.8, 4) is 0 Å². The number of hydrogen-bond donors (Lipinski definition) is 0. The van der Waals surface area contributed by atoms with Gasteiger partial charge in [-0.3, -0.25) is 4.89 Å². The first-order valence-corrected chi connectivity index (χ1v) is 9.12. The lowest BCUT2D eigenvalue weighted by Gasteiger charge is -2.62. The highest BCUT2D eigenvalue weighted by atomic mass is 17.2. The van der Waals surface area contributed by atoms with Gasteiger partial charge in [-0.15, -0.1) is 4.58 Å². The van der Waals surface area contributed by atoms with Crippen LogP contribution in [0.3, 0.4) is 0 Å². The van der Waals surface area contributed by atoms with Crippen molar-refractivity contribution in [2.45, 2.75) is 52.6 Å². The van der Waals surface area contributed by atoms with Crippen LogP contribution in [0.15, 0.2) is 11.6 Å². The molecule has 3 fully saturated rings. The maximum atomic E-state index is 11.9. The van der Waals surface area contributed by atoms with E-state index in [0.29, 0.717) is 11.8 Å². The van der Waals surface area contributed by atoms with Crippen LogP contribution < -0.4 is 0 Å². The molecule has 3 saturated carbocycles. The first-order chi connectivity index (χ1) is 12.2. The summed E-state index contributed by atoms with van der Waals surface area (Å²) >= 11 is 0. The van der Waals surface area contributed by atoms with Crippen LogP contribution in [0.5, 0.6) is 0 Å². The Morgan fingerprint density at radius 3 is 2.69 bits per heavy atom. The SMILES string of the molecule is COC1=[N+](CCOC(=O)OOC2(C)CCC3CC2C3(C)C)C(=O)C=C1C. The number of carbonyl (C=O) groups is 2. The number of methoxy groups -OCH3 is 1. The Balaban J connectivity index is 1.45. The molecule has 26 heavy (non-hydrogen) atoms. The first-order valence-electron chi connectivity index (χ1n) is 9.12. The Morgan fingerprint density at radius 2 is 2.08 bits per heavy atom. The highest BCUT2D eigenvalue weighted by Crippen LogP contribution is 2.63. The molecule has 0 spiro atoms. The molecular weight excluding hydrogens is 338 g/mol. The molecule has 3 aliphatic carbocycles. The first kappa shape index (κ1) is 18.9. The third-order valence-electron chi connectivity index (χ3n) is 6.41. The molecular formula is C19H28NO6+. The van der Waals surface area contributed by atoms with Crippen molar-refractivity contribution >= 4 is 18.0 Å². The molecule has 1 amide bonds. The summed E-state index contributed by atoms with van der Waals surface area (Å²) in [5, 5.41) is 0. The van der Waals surface area contributed by atoms with Gasteiger partial charge in [-0.25, -0.2) is 9.59 Å². The van der Waals surface area contributed by atoms with E-state index in [0.717, 1.165) is 30.8 Å². The number of rotatable bonds is 5. The van der Waals surface area contributed by atoms with E-state index in [1.165, 1.54) is 17.8 Å². The lowest BCUT2D eigenvalue weighted by Crippen LogP contribution is -2.61. The number of carbonyl (C=O) groups excluding carboxylic acids is 2. The van der Waals surface area contributed by atoms with Gasteiger partial charge in [0.2, 0.25) is 0 Å². The van der Waals surface area contributed by atoms with E-state index in [1.54, 1.807) is 6.92 Å². The molecule has 0 N–H and O–H groups in total. The zero-order chi connectivity index (χ0) is 19.1. The van der Waals surface area contributed by atoms with Crippen LogP contribution in [-0.4, -0.2) is 48.4 Å². The van der Waals surface area contributed by atoms with Gasteiger partial charge in [0.25, 0.3) is 0 Å². The molecule has 1 heterocycles. The van der Waals surface area contributed by atoms with Crippen molar-refractivity contribution in [2.24, 2.45) is 17.3 Å². The van der Waals surface area contributed by atoms with Gasteiger partial charge in [0.1, 0.15) is 5.60 Å². The summed E-state index contributed by atoms with van der Waals surface area (Å²) in [6.07, 6.45) is 3.66. The number of amides is 1. The fourth-order valence-electron chi connectivity index (χ4n) is 4.77. The minimum absolute atomic E-state index is 0.00434.